The molecule has 0 aromatic heterocycles. The molecule has 2 aromatic carbocycles. The number of fused-ring (bicyclic) bond motifs is 1. The molecule has 1 aliphatic rings. The summed E-state index contributed by atoms with van der Waals surface area (Å²) >= 11 is 0. The number of nitrogens with one attached hydrogen (secondary N) is 1. The van der Waals surface area contributed by atoms with Crippen LogP contribution >= 0.6 is 0 Å². The number of rotatable bonds is 6. The van der Waals surface area contributed by atoms with Gasteiger partial charge in [-0.3, -0.25) is 4.79 Å². The van der Waals surface area contributed by atoms with Crippen molar-refractivity contribution in [1.29, 1.82) is 0 Å². The molecule has 0 aliphatic carbocycles. The Morgan fingerprint density at radius 3 is 2.68 bits per heavy atom. The van der Waals surface area contributed by atoms with Gasteiger partial charge in [0, 0.05) is 13.0 Å². The maximum Gasteiger partial charge on any atom is 0.153 e. The predicted octanol–water partition coefficient (Wildman–Crippen LogP) is 3.30. The van der Waals surface area contributed by atoms with Gasteiger partial charge in [-0.1, -0.05) is 12.1 Å². The number of halogens is 1. The van der Waals surface area contributed by atoms with Crippen LogP contribution in [0.15, 0.2) is 30.3 Å². The first kappa shape index (κ1) is 17.1. The molecule has 2 N–H and O–H groups in total. The molecular weight excluding hydrogens is 321 g/mol. The Kier molecular flexibility index (Phi) is 5.12. The van der Waals surface area contributed by atoms with Gasteiger partial charge in [0.25, 0.3) is 0 Å². The highest BCUT2D eigenvalue weighted by molar-refractivity contribution is 5.86. The van der Waals surface area contributed by atoms with Crippen LogP contribution in [0.5, 0.6) is 5.75 Å². The standard InChI is InChI=1S/C20H20FNO3/c21-17-5-3-13(4-6-17)8-14-9-18-15(2-1-7-23)10-16(12-24)20(25)19(18)22-11-14/h3-7,10,12,14,22,25H,1-2,8-9,11H2. The highest BCUT2D eigenvalue weighted by Gasteiger charge is 2.25. The Balaban J connectivity index is 1.87. The summed E-state index contributed by atoms with van der Waals surface area (Å²) in [6, 6.07) is 8.15. The molecular formula is C20H20FNO3. The maximum atomic E-state index is 13.1. The Labute approximate surface area is 145 Å². The normalized spacial score (nSPS) is 16.0. The van der Waals surface area contributed by atoms with Crippen LogP contribution in [0.2, 0.25) is 0 Å². The van der Waals surface area contributed by atoms with E-state index < -0.39 is 0 Å². The highest BCUT2D eigenvalue weighted by atomic mass is 19.1. The van der Waals surface area contributed by atoms with Crippen molar-refractivity contribution in [2.75, 3.05) is 11.9 Å². The van der Waals surface area contributed by atoms with Gasteiger partial charge in [0.1, 0.15) is 17.9 Å². The van der Waals surface area contributed by atoms with E-state index in [9.17, 15) is 19.1 Å². The monoisotopic (exact) mass is 341 g/mol. The third-order valence-corrected chi connectivity index (χ3v) is 4.69. The average molecular weight is 341 g/mol. The van der Waals surface area contributed by atoms with Gasteiger partial charge in [-0.2, -0.15) is 0 Å². The lowest BCUT2D eigenvalue weighted by Crippen LogP contribution is -2.26. The maximum absolute atomic E-state index is 13.1. The van der Waals surface area contributed by atoms with E-state index in [0.29, 0.717) is 31.4 Å². The summed E-state index contributed by atoms with van der Waals surface area (Å²) in [6.45, 7) is 0.660. The van der Waals surface area contributed by atoms with Crippen LogP contribution in [-0.4, -0.2) is 24.2 Å². The van der Waals surface area contributed by atoms with Gasteiger partial charge in [0.2, 0.25) is 0 Å². The van der Waals surface area contributed by atoms with E-state index in [1.807, 2.05) is 0 Å². The number of phenols is 1. The minimum absolute atomic E-state index is 0.0277. The fraction of sp³-hybridized carbons (Fsp3) is 0.300. The minimum Gasteiger partial charge on any atom is -0.505 e. The van der Waals surface area contributed by atoms with Gasteiger partial charge in [-0.25, -0.2) is 4.39 Å². The van der Waals surface area contributed by atoms with Gasteiger partial charge in [-0.15, -0.1) is 0 Å². The van der Waals surface area contributed by atoms with E-state index in [2.05, 4.69) is 5.32 Å². The van der Waals surface area contributed by atoms with Crippen molar-refractivity contribution in [3.05, 3.63) is 58.4 Å². The number of aryl methyl sites for hydroxylation is 1. The molecule has 3 rings (SSSR count). The summed E-state index contributed by atoms with van der Waals surface area (Å²) in [6.07, 6.45) is 3.92. The van der Waals surface area contributed by atoms with Crippen molar-refractivity contribution in [2.45, 2.75) is 25.7 Å². The molecule has 0 saturated carbocycles. The lowest BCUT2D eigenvalue weighted by Gasteiger charge is -2.29. The van der Waals surface area contributed by atoms with Crippen molar-refractivity contribution in [1.82, 2.24) is 0 Å². The Morgan fingerprint density at radius 2 is 2.00 bits per heavy atom. The minimum atomic E-state index is -0.252. The first-order valence-electron chi connectivity index (χ1n) is 8.37. The second-order valence-corrected chi connectivity index (χ2v) is 6.43. The Hall–Kier alpha value is -2.69. The van der Waals surface area contributed by atoms with E-state index >= 15 is 0 Å². The van der Waals surface area contributed by atoms with Crippen molar-refractivity contribution < 1.29 is 19.1 Å². The number of phenolic OH excluding ortho intramolecular Hbond substituents is 1. The van der Waals surface area contributed by atoms with Crippen LogP contribution in [0.25, 0.3) is 0 Å². The van der Waals surface area contributed by atoms with E-state index in [-0.39, 0.29) is 23.0 Å². The molecule has 1 atom stereocenters. The first-order valence-corrected chi connectivity index (χ1v) is 8.37. The van der Waals surface area contributed by atoms with Crippen molar-refractivity contribution in [2.24, 2.45) is 5.92 Å². The molecule has 1 aliphatic heterocycles. The summed E-state index contributed by atoms with van der Waals surface area (Å²) in [5.41, 5.74) is 3.77. The van der Waals surface area contributed by atoms with Gasteiger partial charge >= 0.3 is 0 Å². The quantitative estimate of drug-likeness (QED) is 0.625. The smallest absolute Gasteiger partial charge is 0.153 e. The molecule has 0 bridgehead atoms. The third kappa shape index (κ3) is 3.71. The average Bonchev–Trinajstić information content (AvgIpc) is 2.63. The zero-order chi connectivity index (χ0) is 17.8. The molecule has 0 saturated heterocycles. The summed E-state index contributed by atoms with van der Waals surface area (Å²) in [5, 5.41) is 13.5. The molecule has 5 heteroatoms. The van der Waals surface area contributed by atoms with Gasteiger partial charge in [0.15, 0.2) is 6.29 Å². The molecule has 0 spiro atoms. The van der Waals surface area contributed by atoms with Crippen molar-refractivity contribution >= 4 is 18.3 Å². The van der Waals surface area contributed by atoms with Gasteiger partial charge < -0.3 is 15.2 Å². The summed E-state index contributed by atoms with van der Waals surface area (Å²) < 4.78 is 13.1. The van der Waals surface area contributed by atoms with Gasteiger partial charge in [0.05, 0.1) is 11.3 Å². The molecule has 0 fully saturated rings. The zero-order valence-corrected chi connectivity index (χ0v) is 13.8. The number of carbonyl (C=O) groups is 2. The number of anilines is 1. The van der Waals surface area contributed by atoms with Crippen LogP contribution in [0.3, 0.4) is 0 Å². The number of hydrogen-bond acceptors (Lipinski definition) is 4. The van der Waals surface area contributed by atoms with Crippen LogP contribution in [0.4, 0.5) is 10.1 Å². The van der Waals surface area contributed by atoms with E-state index in [4.69, 9.17) is 0 Å². The number of benzene rings is 2. The number of aromatic hydroxyl groups is 1. The van der Waals surface area contributed by atoms with E-state index in [0.717, 1.165) is 35.8 Å². The topological polar surface area (TPSA) is 66.4 Å². The molecule has 4 nitrogen and oxygen atoms in total. The Bertz CT molecular complexity index is 787. The fourth-order valence-electron chi connectivity index (χ4n) is 3.45. The molecule has 1 unspecified atom stereocenters. The van der Waals surface area contributed by atoms with E-state index in [1.54, 1.807) is 18.2 Å². The third-order valence-electron chi connectivity index (χ3n) is 4.69. The van der Waals surface area contributed by atoms with Crippen LogP contribution < -0.4 is 5.32 Å². The molecule has 1 heterocycles. The second kappa shape index (κ2) is 7.47. The predicted molar refractivity (Wildman–Crippen MR) is 93.7 cm³/mol. The van der Waals surface area contributed by atoms with Crippen LogP contribution in [-0.2, 0) is 24.1 Å². The summed E-state index contributed by atoms with van der Waals surface area (Å²) in [5.74, 6) is 0.00726. The number of carbonyl (C=O) groups excluding carboxylic acids is 2. The zero-order valence-electron chi connectivity index (χ0n) is 13.8. The number of aldehydes is 2. The van der Waals surface area contributed by atoms with Gasteiger partial charge in [-0.05, 0) is 60.1 Å². The SMILES string of the molecule is O=CCCc1cc(C=O)c(O)c2c1CC(Cc1ccc(F)cc1)CN2. The largest absolute Gasteiger partial charge is 0.505 e. The van der Waals surface area contributed by atoms with Crippen molar-refractivity contribution in [3.8, 4) is 5.75 Å². The fourth-order valence-corrected chi connectivity index (χ4v) is 3.45. The lowest BCUT2D eigenvalue weighted by molar-refractivity contribution is -0.107. The highest BCUT2D eigenvalue weighted by Crippen LogP contribution is 2.38. The molecule has 2 aromatic rings. The molecule has 0 amide bonds. The summed E-state index contributed by atoms with van der Waals surface area (Å²) in [7, 11) is 0. The second-order valence-electron chi connectivity index (χ2n) is 6.43. The van der Waals surface area contributed by atoms with E-state index in [1.165, 1.54) is 12.1 Å². The molecule has 130 valence electrons. The summed E-state index contributed by atoms with van der Waals surface area (Å²) in [4.78, 5) is 21.9. The van der Waals surface area contributed by atoms with Crippen LogP contribution in [0.1, 0.15) is 33.5 Å². The molecule has 0 radical (unpaired) electrons. The Morgan fingerprint density at radius 1 is 1.24 bits per heavy atom. The lowest BCUT2D eigenvalue weighted by atomic mass is 9.84. The van der Waals surface area contributed by atoms with Crippen LogP contribution in [0, 0.1) is 11.7 Å². The van der Waals surface area contributed by atoms with Crippen molar-refractivity contribution in [3.63, 3.8) is 0 Å². The molecule has 25 heavy (non-hydrogen) atoms. The first-order chi connectivity index (χ1) is 12.1. The number of hydrogen-bond donors (Lipinski definition) is 2.